The summed E-state index contributed by atoms with van der Waals surface area (Å²) in [5.74, 6) is 1.77. The maximum absolute atomic E-state index is 13.5. The zero-order valence-corrected chi connectivity index (χ0v) is 19.6. The van der Waals surface area contributed by atoms with E-state index in [0.29, 0.717) is 38.1 Å². The smallest absolute Gasteiger partial charge is 0.129 e. The molecule has 176 valence electrons. The van der Waals surface area contributed by atoms with E-state index in [4.69, 9.17) is 14.7 Å². The molecule has 9 heteroatoms. The van der Waals surface area contributed by atoms with Gasteiger partial charge in [-0.25, -0.2) is 14.4 Å². The van der Waals surface area contributed by atoms with Crippen LogP contribution in [0.3, 0.4) is 0 Å². The first kappa shape index (κ1) is 22.6. The summed E-state index contributed by atoms with van der Waals surface area (Å²) >= 11 is 1.55. The number of likely N-dealkylation sites (tertiary alicyclic amines) is 1. The van der Waals surface area contributed by atoms with Gasteiger partial charge in [0.25, 0.3) is 0 Å². The second kappa shape index (κ2) is 10.4. The number of alkyl halides is 1. The molecule has 0 bridgehead atoms. The van der Waals surface area contributed by atoms with Gasteiger partial charge in [0, 0.05) is 48.6 Å². The molecular formula is C24H31FN6OS. The van der Waals surface area contributed by atoms with Crippen LogP contribution in [-0.4, -0.2) is 85.3 Å². The summed E-state index contributed by atoms with van der Waals surface area (Å²) in [5.41, 5.74) is 0.943. The highest BCUT2D eigenvalue weighted by Gasteiger charge is 2.26. The van der Waals surface area contributed by atoms with Gasteiger partial charge in [-0.15, -0.1) is 0 Å². The molecule has 4 aliphatic heterocycles. The molecule has 3 saturated heterocycles. The Morgan fingerprint density at radius 3 is 2.58 bits per heavy atom. The van der Waals surface area contributed by atoms with E-state index in [2.05, 4.69) is 27.9 Å². The Labute approximate surface area is 198 Å². The number of aliphatic imine (C=N–C) groups is 2. The lowest BCUT2D eigenvalue weighted by molar-refractivity contribution is -0.0130. The van der Waals surface area contributed by atoms with Crippen LogP contribution in [0.15, 0.2) is 51.7 Å². The number of rotatable bonds is 5. The second-order valence-electron chi connectivity index (χ2n) is 8.93. The molecule has 1 aromatic rings. The summed E-state index contributed by atoms with van der Waals surface area (Å²) in [7, 11) is 0. The molecule has 4 aliphatic rings. The van der Waals surface area contributed by atoms with Crippen molar-refractivity contribution in [2.24, 2.45) is 9.98 Å². The Morgan fingerprint density at radius 2 is 1.91 bits per heavy atom. The number of nitrogens with zero attached hydrogens (tertiary/aromatic N) is 5. The van der Waals surface area contributed by atoms with Crippen LogP contribution in [-0.2, 0) is 4.74 Å². The molecular weight excluding hydrogens is 439 g/mol. The molecule has 33 heavy (non-hydrogen) atoms. The molecule has 0 radical (unpaired) electrons. The standard InChI is InChI=1S/C24H31FN6OS/c1-17-12-23(30-10-5-20(6-11-30)29-21-15-32-16-21)26-7-8-27-24(33-17)18-2-3-22(28-13-18)31-9-4-19(25)14-31/h2-3,7,12-13,19-21,29H,1,4-6,8-11,14-16H2/b23-12+,26-7-,27-24?. The van der Waals surface area contributed by atoms with Crippen molar-refractivity contribution in [1.29, 1.82) is 0 Å². The van der Waals surface area contributed by atoms with Crippen molar-refractivity contribution in [1.82, 2.24) is 15.2 Å². The van der Waals surface area contributed by atoms with Gasteiger partial charge in [-0.1, -0.05) is 18.3 Å². The highest BCUT2D eigenvalue weighted by atomic mass is 32.2. The molecule has 5 rings (SSSR count). The van der Waals surface area contributed by atoms with Gasteiger partial charge in [-0.2, -0.15) is 0 Å². The number of pyridine rings is 1. The second-order valence-corrected chi connectivity index (χ2v) is 10.0. The SMILES string of the molecule is C=C1/C=C(N2CCC(NC3COC3)CC2)\N=C/CN=C(c2ccc(N3CCC(F)C3)nc2)S1. The minimum atomic E-state index is -0.760. The van der Waals surface area contributed by atoms with Crippen molar-refractivity contribution in [3.8, 4) is 0 Å². The summed E-state index contributed by atoms with van der Waals surface area (Å²) in [4.78, 5) is 19.2. The maximum atomic E-state index is 13.5. The Morgan fingerprint density at radius 1 is 1.09 bits per heavy atom. The lowest BCUT2D eigenvalue weighted by atomic mass is 10.0. The highest BCUT2D eigenvalue weighted by Crippen LogP contribution is 2.27. The van der Waals surface area contributed by atoms with Crippen molar-refractivity contribution in [2.75, 3.05) is 50.8 Å². The molecule has 1 aromatic heterocycles. The van der Waals surface area contributed by atoms with Gasteiger partial charge in [0.2, 0.25) is 0 Å². The molecule has 1 atom stereocenters. The molecule has 7 nitrogen and oxygen atoms in total. The van der Waals surface area contributed by atoms with Gasteiger partial charge >= 0.3 is 0 Å². The molecule has 0 aromatic carbocycles. The van der Waals surface area contributed by atoms with Crippen LogP contribution in [0.25, 0.3) is 0 Å². The zero-order valence-electron chi connectivity index (χ0n) is 18.8. The van der Waals surface area contributed by atoms with Crippen LogP contribution in [0.4, 0.5) is 10.2 Å². The van der Waals surface area contributed by atoms with E-state index in [0.717, 1.165) is 66.3 Å². The molecule has 5 heterocycles. The van der Waals surface area contributed by atoms with Crippen LogP contribution in [0.1, 0.15) is 24.8 Å². The zero-order chi connectivity index (χ0) is 22.6. The number of nitrogens with one attached hydrogen (secondary N) is 1. The van der Waals surface area contributed by atoms with E-state index in [1.54, 1.807) is 11.8 Å². The summed E-state index contributed by atoms with van der Waals surface area (Å²) < 4.78 is 18.8. The summed E-state index contributed by atoms with van der Waals surface area (Å²) in [5, 5.41) is 4.56. The van der Waals surface area contributed by atoms with E-state index in [9.17, 15) is 4.39 Å². The molecule has 1 unspecified atom stereocenters. The fourth-order valence-electron chi connectivity index (χ4n) is 4.51. The number of ether oxygens (including phenoxy) is 1. The number of aromatic nitrogens is 1. The van der Waals surface area contributed by atoms with Crippen LogP contribution < -0.4 is 10.2 Å². The molecule has 1 N–H and O–H groups in total. The summed E-state index contributed by atoms with van der Waals surface area (Å²) in [6.45, 7) is 9.51. The van der Waals surface area contributed by atoms with Crippen molar-refractivity contribution >= 4 is 28.8 Å². The predicted octanol–water partition coefficient (Wildman–Crippen LogP) is 3.00. The van der Waals surface area contributed by atoms with Crippen molar-refractivity contribution in [3.05, 3.63) is 47.3 Å². The monoisotopic (exact) mass is 470 g/mol. The molecule has 3 fully saturated rings. The third-order valence-electron chi connectivity index (χ3n) is 6.44. The first-order valence-corrected chi connectivity index (χ1v) is 12.6. The largest absolute Gasteiger partial charge is 0.378 e. The normalized spacial score (nSPS) is 27.8. The lowest BCUT2D eigenvalue weighted by Crippen LogP contribution is -2.53. The number of piperidine rings is 1. The van der Waals surface area contributed by atoms with Gasteiger partial charge in [0.05, 0.1) is 32.3 Å². The van der Waals surface area contributed by atoms with E-state index >= 15 is 0 Å². The number of hydrogen-bond acceptors (Lipinski definition) is 8. The van der Waals surface area contributed by atoms with Crippen LogP contribution >= 0.6 is 11.8 Å². The van der Waals surface area contributed by atoms with E-state index < -0.39 is 6.17 Å². The first-order chi connectivity index (χ1) is 16.1. The fraction of sp³-hybridized carbons (Fsp3) is 0.542. The first-order valence-electron chi connectivity index (χ1n) is 11.7. The lowest BCUT2D eigenvalue weighted by Gasteiger charge is -2.37. The van der Waals surface area contributed by atoms with Gasteiger partial charge in [-0.05, 0) is 37.5 Å². The Balaban J connectivity index is 1.20. The number of allylic oxidation sites excluding steroid dienone is 1. The minimum Gasteiger partial charge on any atom is -0.378 e. The van der Waals surface area contributed by atoms with Crippen molar-refractivity contribution in [3.63, 3.8) is 0 Å². The number of hydrogen-bond donors (Lipinski definition) is 1. The number of anilines is 1. The van der Waals surface area contributed by atoms with E-state index in [1.165, 1.54) is 0 Å². The number of halogens is 1. The molecule has 0 amide bonds. The van der Waals surface area contributed by atoms with Gasteiger partial charge in [0.1, 0.15) is 22.9 Å². The van der Waals surface area contributed by atoms with E-state index in [1.807, 2.05) is 29.4 Å². The van der Waals surface area contributed by atoms with Gasteiger partial charge in [0.15, 0.2) is 0 Å². The quantitative estimate of drug-likeness (QED) is 0.714. The average molecular weight is 471 g/mol. The summed E-state index contributed by atoms with van der Waals surface area (Å²) in [6, 6.07) is 5.04. The van der Waals surface area contributed by atoms with Crippen LogP contribution in [0.5, 0.6) is 0 Å². The van der Waals surface area contributed by atoms with Crippen LogP contribution in [0, 0.1) is 0 Å². The fourth-order valence-corrected chi connectivity index (χ4v) is 5.30. The highest BCUT2D eigenvalue weighted by molar-refractivity contribution is 8.17. The van der Waals surface area contributed by atoms with Crippen LogP contribution in [0.2, 0.25) is 0 Å². The summed E-state index contributed by atoms with van der Waals surface area (Å²) in [6.07, 6.45) is 7.76. The Bertz CT molecular complexity index is 937. The molecule has 0 spiro atoms. The van der Waals surface area contributed by atoms with Gasteiger partial charge in [-0.3, -0.25) is 4.99 Å². The predicted molar refractivity (Wildman–Crippen MR) is 133 cm³/mol. The molecule has 0 aliphatic carbocycles. The average Bonchev–Trinajstić information content (AvgIpc) is 3.27. The Kier molecular flexibility index (Phi) is 7.08. The van der Waals surface area contributed by atoms with E-state index in [-0.39, 0.29) is 0 Å². The van der Waals surface area contributed by atoms with Gasteiger partial charge < -0.3 is 19.9 Å². The van der Waals surface area contributed by atoms with Crippen molar-refractivity contribution < 1.29 is 9.13 Å². The third-order valence-corrected chi connectivity index (χ3v) is 7.37. The Hall–Kier alpha value is -2.23. The topological polar surface area (TPSA) is 65.3 Å². The third kappa shape index (κ3) is 5.65. The minimum absolute atomic E-state index is 0.422. The molecule has 0 saturated carbocycles. The van der Waals surface area contributed by atoms with Crippen molar-refractivity contribution in [2.45, 2.75) is 37.5 Å². The number of thioether (sulfide) groups is 1. The maximum Gasteiger partial charge on any atom is 0.129 e.